The molecular weight excluding hydrogens is 318 g/mol. The van der Waals surface area contributed by atoms with E-state index >= 15 is 0 Å². The predicted molar refractivity (Wildman–Crippen MR) is 85.8 cm³/mol. The molecule has 0 radical (unpaired) electrons. The molecule has 0 bridgehead atoms. The van der Waals surface area contributed by atoms with Crippen LogP contribution >= 0.6 is 15.9 Å². The molecule has 0 aromatic heterocycles. The van der Waals surface area contributed by atoms with Crippen molar-refractivity contribution in [3.63, 3.8) is 0 Å². The fourth-order valence-electron chi connectivity index (χ4n) is 1.76. The van der Waals surface area contributed by atoms with Crippen LogP contribution in [0.5, 0.6) is 0 Å². The Morgan fingerprint density at radius 1 is 1.10 bits per heavy atom. The minimum absolute atomic E-state index is 0.0649. The van der Waals surface area contributed by atoms with E-state index in [1.807, 2.05) is 55.5 Å². The number of hydrogen-bond donors (Lipinski definition) is 3. The zero-order valence-electron chi connectivity index (χ0n) is 11.1. The van der Waals surface area contributed by atoms with Crippen molar-refractivity contribution in [2.45, 2.75) is 13.0 Å². The SMILES string of the molecule is CC(N)c1cccc(NC(=O)Nc2cccc(Br)c2)c1. The number of benzene rings is 2. The van der Waals surface area contributed by atoms with Crippen LogP contribution in [0.25, 0.3) is 0 Å². The third-order valence-corrected chi connectivity index (χ3v) is 3.25. The second-order valence-corrected chi connectivity index (χ2v) is 5.42. The van der Waals surface area contributed by atoms with Crippen LogP contribution in [0.3, 0.4) is 0 Å². The molecule has 20 heavy (non-hydrogen) atoms. The lowest BCUT2D eigenvalue weighted by molar-refractivity contribution is 0.262. The molecule has 0 saturated heterocycles. The minimum Gasteiger partial charge on any atom is -0.324 e. The van der Waals surface area contributed by atoms with Crippen LogP contribution in [-0.2, 0) is 0 Å². The molecular formula is C15H16BrN3O. The van der Waals surface area contributed by atoms with E-state index in [2.05, 4.69) is 26.6 Å². The number of nitrogens with two attached hydrogens (primary N) is 1. The molecule has 4 N–H and O–H groups in total. The molecule has 2 amide bonds. The minimum atomic E-state index is -0.287. The molecule has 0 heterocycles. The van der Waals surface area contributed by atoms with Crippen molar-refractivity contribution in [1.82, 2.24) is 0 Å². The predicted octanol–water partition coefficient (Wildman–Crippen LogP) is 4.11. The van der Waals surface area contributed by atoms with Gasteiger partial charge in [-0.15, -0.1) is 0 Å². The van der Waals surface area contributed by atoms with Crippen molar-refractivity contribution in [3.05, 3.63) is 58.6 Å². The lowest BCUT2D eigenvalue weighted by Gasteiger charge is -2.10. The highest BCUT2D eigenvalue weighted by Crippen LogP contribution is 2.18. The number of anilines is 2. The Bertz CT molecular complexity index is 614. The highest BCUT2D eigenvalue weighted by Gasteiger charge is 2.05. The van der Waals surface area contributed by atoms with Crippen molar-refractivity contribution in [3.8, 4) is 0 Å². The maximum Gasteiger partial charge on any atom is 0.323 e. The Hall–Kier alpha value is -1.85. The van der Waals surface area contributed by atoms with E-state index in [0.29, 0.717) is 5.69 Å². The Kier molecular flexibility index (Phi) is 4.76. The largest absolute Gasteiger partial charge is 0.324 e. The van der Waals surface area contributed by atoms with Crippen LogP contribution in [0.15, 0.2) is 53.0 Å². The summed E-state index contributed by atoms with van der Waals surface area (Å²) in [4.78, 5) is 11.9. The van der Waals surface area contributed by atoms with Gasteiger partial charge in [0.2, 0.25) is 0 Å². The molecule has 1 atom stereocenters. The van der Waals surface area contributed by atoms with Crippen molar-refractivity contribution in [2.24, 2.45) is 5.73 Å². The van der Waals surface area contributed by atoms with Crippen molar-refractivity contribution < 1.29 is 4.79 Å². The average Bonchev–Trinajstić information content (AvgIpc) is 2.38. The molecule has 2 aromatic rings. The standard InChI is InChI=1S/C15H16BrN3O/c1-10(17)11-4-2-6-13(8-11)18-15(20)19-14-7-3-5-12(16)9-14/h2-10H,17H2,1H3,(H2,18,19,20). The molecule has 0 fully saturated rings. The van der Waals surface area contributed by atoms with Crippen LogP contribution < -0.4 is 16.4 Å². The van der Waals surface area contributed by atoms with Gasteiger partial charge < -0.3 is 16.4 Å². The quantitative estimate of drug-likeness (QED) is 0.791. The molecule has 5 heteroatoms. The van der Waals surface area contributed by atoms with Crippen LogP contribution in [-0.4, -0.2) is 6.03 Å². The molecule has 1 unspecified atom stereocenters. The highest BCUT2D eigenvalue weighted by atomic mass is 79.9. The first-order valence-corrected chi connectivity index (χ1v) is 7.03. The maximum absolute atomic E-state index is 11.9. The van der Waals surface area contributed by atoms with Gasteiger partial charge in [-0.2, -0.15) is 0 Å². The first-order valence-electron chi connectivity index (χ1n) is 6.24. The van der Waals surface area contributed by atoms with Gasteiger partial charge in [-0.3, -0.25) is 0 Å². The first kappa shape index (κ1) is 14.6. The summed E-state index contributed by atoms with van der Waals surface area (Å²) in [6.45, 7) is 1.90. The van der Waals surface area contributed by atoms with E-state index in [-0.39, 0.29) is 12.1 Å². The Morgan fingerprint density at radius 3 is 2.30 bits per heavy atom. The first-order chi connectivity index (χ1) is 9.54. The molecule has 0 saturated carbocycles. The van der Waals surface area contributed by atoms with Crippen molar-refractivity contribution in [1.29, 1.82) is 0 Å². The highest BCUT2D eigenvalue weighted by molar-refractivity contribution is 9.10. The van der Waals surface area contributed by atoms with E-state index in [0.717, 1.165) is 15.7 Å². The summed E-state index contributed by atoms with van der Waals surface area (Å²) in [6.07, 6.45) is 0. The Morgan fingerprint density at radius 2 is 1.70 bits per heavy atom. The fourth-order valence-corrected chi connectivity index (χ4v) is 2.16. The van der Waals surface area contributed by atoms with Gasteiger partial charge >= 0.3 is 6.03 Å². The summed E-state index contributed by atoms with van der Waals surface area (Å²) in [5, 5.41) is 5.55. The number of carbonyl (C=O) groups is 1. The van der Waals surface area contributed by atoms with E-state index in [1.165, 1.54) is 0 Å². The third kappa shape index (κ3) is 4.08. The van der Waals surface area contributed by atoms with Gasteiger partial charge in [0, 0.05) is 21.9 Å². The lowest BCUT2D eigenvalue weighted by Crippen LogP contribution is -2.19. The Balaban J connectivity index is 2.03. The van der Waals surface area contributed by atoms with Crippen LogP contribution in [0.4, 0.5) is 16.2 Å². The van der Waals surface area contributed by atoms with Gasteiger partial charge in [0.1, 0.15) is 0 Å². The second kappa shape index (κ2) is 6.54. The maximum atomic E-state index is 11.9. The van der Waals surface area contributed by atoms with Crippen LogP contribution in [0, 0.1) is 0 Å². The number of urea groups is 1. The molecule has 2 rings (SSSR count). The van der Waals surface area contributed by atoms with E-state index < -0.39 is 0 Å². The molecule has 0 aliphatic carbocycles. The number of nitrogens with one attached hydrogen (secondary N) is 2. The number of amides is 2. The second-order valence-electron chi connectivity index (χ2n) is 4.50. The molecule has 0 aliphatic rings. The number of rotatable bonds is 3. The number of carbonyl (C=O) groups excluding carboxylic acids is 1. The summed E-state index contributed by atoms with van der Waals surface area (Å²) in [7, 11) is 0. The zero-order valence-corrected chi connectivity index (χ0v) is 12.6. The average molecular weight is 334 g/mol. The van der Waals surface area contributed by atoms with Gasteiger partial charge in [-0.1, -0.05) is 34.1 Å². The summed E-state index contributed by atoms with van der Waals surface area (Å²) in [5.41, 5.74) is 8.23. The molecule has 0 aliphatic heterocycles. The van der Waals surface area contributed by atoms with E-state index in [4.69, 9.17) is 5.73 Å². The molecule has 2 aromatic carbocycles. The van der Waals surface area contributed by atoms with Crippen molar-refractivity contribution >= 4 is 33.3 Å². The molecule has 104 valence electrons. The summed E-state index contributed by atoms with van der Waals surface area (Å²) in [5.74, 6) is 0. The molecule has 4 nitrogen and oxygen atoms in total. The van der Waals surface area contributed by atoms with Gasteiger partial charge in [-0.25, -0.2) is 4.79 Å². The molecule has 0 spiro atoms. The van der Waals surface area contributed by atoms with Gasteiger partial charge in [0.05, 0.1) is 0 Å². The summed E-state index contributed by atoms with van der Waals surface area (Å²) in [6, 6.07) is 14.6. The third-order valence-electron chi connectivity index (χ3n) is 2.75. The van der Waals surface area contributed by atoms with Gasteiger partial charge in [0.15, 0.2) is 0 Å². The van der Waals surface area contributed by atoms with E-state index in [9.17, 15) is 4.79 Å². The zero-order chi connectivity index (χ0) is 14.5. The summed E-state index contributed by atoms with van der Waals surface area (Å²) >= 11 is 3.36. The van der Waals surface area contributed by atoms with Crippen LogP contribution in [0.1, 0.15) is 18.5 Å². The fraction of sp³-hybridized carbons (Fsp3) is 0.133. The lowest BCUT2D eigenvalue weighted by atomic mass is 10.1. The number of hydrogen-bond acceptors (Lipinski definition) is 2. The van der Waals surface area contributed by atoms with Gasteiger partial charge in [0.25, 0.3) is 0 Å². The summed E-state index contributed by atoms with van der Waals surface area (Å²) < 4.78 is 0.911. The van der Waals surface area contributed by atoms with Crippen molar-refractivity contribution in [2.75, 3.05) is 10.6 Å². The van der Waals surface area contributed by atoms with E-state index in [1.54, 1.807) is 0 Å². The Labute approximate surface area is 126 Å². The smallest absolute Gasteiger partial charge is 0.323 e. The normalized spacial score (nSPS) is 11.8. The number of halogens is 1. The monoisotopic (exact) mass is 333 g/mol. The topological polar surface area (TPSA) is 67.1 Å². The van der Waals surface area contributed by atoms with Gasteiger partial charge in [-0.05, 0) is 42.8 Å². The van der Waals surface area contributed by atoms with Crippen LogP contribution in [0.2, 0.25) is 0 Å².